The van der Waals surface area contributed by atoms with Crippen molar-refractivity contribution in [3.05, 3.63) is 0 Å². The molecule has 18 heavy (non-hydrogen) atoms. The first-order valence-electron chi connectivity index (χ1n) is 6.89. The van der Waals surface area contributed by atoms with Crippen molar-refractivity contribution in [2.45, 2.75) is 61.0 Å². The normalized spacial score (nSPS) is 13.2. The second kappa shape index (κ2) is 6.55. The summed E-state index contributed by atoms with van der Waals surface area (Å²) in [5, 5.41) is 0. The lowest BCUT2D eigenvalue weighted by Gasteiger charge is -2.40. The standard InChI is InChI=1S/C15H30O3/c1-9-17-10-15(11(2)3,12(4)5)13(16)18-14(6,7)8/h11-12H,9-10H2,1-8H3. The number of esters is 1. The van der Waals surface area contributed by atoms with Crippen LogP contribution >= 0.6 is 0 Å². The van der Waals surface area contributed by atoms with E-state index in [2.05, 4.69) is 27.7 Å². The van der Waals surface area contributed by atoms with Crippen molar-refractivity contribution in [3.63, 3.8) is 0 Å². The molecular formula is C15H30O3. The highest BCUT2D eigenvalue weighted by Crippen LogP contribution is 2.38. The number of carbonyl (C=O) groups is 1. The smallest absolute Gasteiger partial charge is 0.315 e. The van der Waals surface area contributed by atoms with Gasteiger partial charge in [0.15, 0.2) is 0 Å². The molecule has 0 aromatic heterocycles. The first-order chi connectivity index (χ1) is 8.08. The largest absolute Gasteiger partial charge is 0.459 e. The molecule has 0 amide bonds. The highest BCUT2D eigenvalue weighted by Gasteiger charge is 2.47. The van der Waals surface area contributed by atoms with Gasteiger partial charge in [0.05, 0.1) is 12.0 Å². The van der Waals surface area contributed by atoms with Gasteiger partial charge in [-0.2, -0.15) is 0 Å². The second-order valence-corrected chi connectivity index (χ2v) is 6.49. The topological polar surface area (TPSA) is 35.5 Å². The predicted octanol–water partition coefficient (Wildman–Crippen LogP) is 3.66. The van der Waals surface area contributed by atoms with Crippen molar-refractivity contribution in [3.8, 4) is 0 Å². The van der Waals surface area contributed by atoms with Gasteiger partial charge in [0.1, 0.15) is 5.60 Å². The third-order valence-electron chi connectivity index (χ3n) is 3.38. The van der Waals surface area contributed by atoms with E-state index in [0.717, 1.165) is 0 Å². The van der Waals surface area contributed by atoms with E-state index in [1.54, 1.807) is 0 Å². The molecule has 3 nitrogen and oxygen atoms in total. The fraction of sp³-hybridized carbons (Fsp3) is 0.933. The predicted molar refractivity (Wildman–Crippen MR) is 74.4 cm³/mol. The van der Waals surface area contributed by atoms with Gasteiger partial charge in [0.25, 0.3) is 0 Å². The van der Waals surface area contributed by atoms with Crippen molar-refractivity contribution < 1.29 is 14.3 Å². The quantitative estimate of drug-likeness (QED) is 0.682. The lowest BCUT2D eigenvalue weighted by atomic mass is 9.69. The van der Waals surface area contributed by atoms with Crippen molar-refractivity contribution in [1.29, 1.82) is 0 Å². The van der Waals surface area contributed by atoms with Gasteiger partial charge in [-0.15, -0.1) is 0 Å². The van der Waals surface area contributed by atoms with E-state index in [4.69, 9.17) is 9.47 Å². The molecule has 0 unspecified atom stereocenters. The molecule has 3 heteroatoms. The molecule has 108 valence electrons. The molecule has 0 aliphatic heterocycles. The van der Waals surface area contributed by atoms with Crippen LogP contribution in [0.2, 0.25) is 0 Å². The Kier molecular flexibility index (Phi) is 6.35. The number of rotatable bonds is 6. The van der Waals surface area contributed by atoms with Crippen LogP contribution in [0.3, 0.4) is 0 Å². The summed E-state index contributed by atoms with van der Waals surface area (Å²) in [4.78, 5) is 12.6. The first kappa shape index (κ1) is 17.4. The third kappa shape index (κ3) is 4.27. The molecule has 0 saturated heterocycles. The highest BCUT2D eigenvalue weighted by molar-refractivity contribution is 5.78. The van der Waals surface area contributed by atoms with Crippen LogP contribution in [-0.4, -0.2) is 24.8 Å². The van der Waals surface area contributed by atoms with Gasteiger partial charge in [-0.1, -0.05) is 27.7 Å². The van der Waals surface area contributed by atoms with Crippen molar-refractivity contribution in [2.75, 3.05) is 13.2 Å². The van der Waals surface area contributed by atoms with Gasteiger partial charge < -0.3 is 9.47 Å². The molecule has 0 radical (unpaired) electrons. The molecule has 0 aromatic carbocycles. The van der Waals surface area contributed by atoms with E-state index in [9.17, 15) is 4.79 Å². The number of carbonyl (C=O) groups excluding carboxylic acids is 1. The summed E-state index contributed by atoms with van der Waals surface area (Å²) in [6, 6.07) is 0. The van der Waals surface area contributed by atoms with Crippen LogP contribution in [0, 0.1) is 17.3 Å². The SMILES string of the molecule is CCOCC(C(=O)OC(C)(C)C)(C(C)C)C(C)C. The van der Waals surface area contributed by atoms with Gasteiger partial charge in [-0.3, -0.25) is 4.79 Å². The zero-order valence-corrected chi connectivity index (χ0v) is 13.3. The van der Waals surface area contributed by atoms with Crippen LogP contribution in [0.15, 0.2) is 0 Å². The van der Waals surface area contributed by atoms with Gasteiger partial charge in [-0.05, 0) is 39.5 Å². The van der Waals surface area contributed by atoms with Crippen LogP contribution in [-0.2, 0) is 14.3 Å². The van der Waals surface area contributed by atoms with E-state index < -0.39 is 11.0 Å². The molecule has 0 bridgehead atoms. The maximum Gasteiger partial charge on any atom is 0.315 e. The van der Waals surface area contributed by atoms with Crippen molar-refractivity contribution >= 4 is 5.97 Å². The Morgan fingerprint density at radius 3 is 1.78 bits per heavy atom. The molecule has 0 aliphatic carbocycles. The molecule has 0 fully saturated rings. The van der Waals surface area contributed by atoms with Crippen molar-refractivity contribution in [1.82, 2.24) is 0 Å². The molecule has 0 N–H and O–H groups in total. The summed E-state index contributed by atoms with van der Waals surface area (Å²) in [6.45, 7) is 16.9. The van der Waals surface area contributed by atoms with Crippen LogP contribution in [0.4, 0.5) is 0 Å². The minimum atomic E-state index is -0.566. The fourth-order valence-electron chi connectivity index (χ4n) is 2.17. The van der Waals surface area contributed by atoms with E-state index >= 15 is 0 Å². The first-order valence-corrected chi connectivity index (χ1v) is 6.89. The van der Waals surface area contributed by atoms with Crippen LogP contribution in [0.25, 0.3) is 0 Å². The molecule has 0 rings (SSSR count). The summed E-state index contributed by atoms with van der Waals surface area (Å²) in [5.41, 5.74) is -1.03. The molecule has 0 aromatic rings. The summed E-state index contributed by atoms with van der Waals surface area (Å²) in [5.74, 6) is 0.214. The van der Waals surface area contributed by atoms with Gasteiger partial charge in [0, 0.05) is 6.61 Å². The average Bonchev–Trinajstić information content (AvgIpc) is 2.14. The average molecular weight is 258 g/mol. The summed E-state index contributed by atoms with van der Waals surface area (Å²) in [7, 11) is 0. The number of hydrogen-bond acceptors (Lipinski definition) is 3. The zero-order valence-electron chi connectivity index (χ0n) is 13.3. The van der Waals surface area contributed by atoms with Gasteiger partial charge in [0.2, 0.25) is 0 Å². The highest BCUT2D eigenvalue weighted by atomic mass is 16.6. The van der Waals surface area contributed by atoms with Crippen LogP contribution < -0.4 is 0 Å². The van der Waals surface area contributed by atoms with Gasteiger partial charge in [-0.25, -0.2) is 0 Å². The summed E-state index contributed by atoms with van der Waals surface area (Å²) in [6.07, 6.45) is 0. The minimum Gasteiger partial charge on any atom is -0.459 e. The van der Waals surface area contributed by atoms with Gasteiger partial charge >= 0.3 is 5.97 Å². The Bertz CT molecular complexity index is 253. The number of hydrogen-bond donors (Lipinski definition) is 0. The second-order valence-electron chi connectivity index (χ2n) is 6.49. The molecular weight excluding hydrogens is 228 g/mol. The Labute approximate surface area is 112 Å². The molecule has 0 saturated carbocycles. The maximum absolute atomic E-state index is 12.6. The van der Waals surface area contributed by atoms with E-state index in [1.807, 2.05) is 27.7 Å². The van der Waals surface area contributed by atoms with Crippen molar-refractivity contribution in [2.24, 2.45) is 17.3 Å². The fourth-order valence-corrected chi connectivity index (χ4v) is 2.17. The Hall–Kier alpha value is -0.570. The molecule has 0 atom stereocenters. The molecule has 0 aliphatic rings. The van der Waals surface area contributed by atoms with E-state index in [-0.39, 0.29) is 17.8 Å². The Morgan fingerprint density at radius 1 is 1.06 bits per heavy atom. The van der Waals surface area contributed by atoms with Crippen LogP contribution in [0.5, 0.6) is 0 Å². The maximum atomic E-state index is 12.6. The summed E-state index contributed by atoms with van der Waals surface area (Å²) >= 11 is 0. The van der Waals surface area contributed by atoms with E-state index in [1.165, 1.54) is 0 Å². The summed E-state index contributed by atoms with van der Waals surface area (Å²) < 4.78 is 11.2. The van der Waals surface area contributed by atoms with E-state index in [0.29, 0.717) is 13.2 Å². The zero-order chi connectivity index (χ0) is 14.6. The lowest BCUT2D eigenvalue weighted by molar-refractivity contribution is -0.180. The molecule has 0 spiro atoms. The minimum absolute atomic E-state index is 0.145. The Balaban J connectivity index is 5.22. The molecule has 0 heterocycles. The number of ether oxygens (including phenoxy) is 2. The monoisotopic (exact) mass is 258 g/mol. The third-order valence-corrected chi connectivity index (χ3v) is 3.38. The lowest BCUT2D eigenvalue weighted by Crippen LogP contribution is -2.48. The Morgan fingerprint density at radius 2 is 1.50 bits per heavy atom. The van der Waals surface area contributed by atoms with Crippen LogP contribution in [0.1, 0.15) is 55.4 Å².